The maximum absolute atomic E-state index is 12.1. The fraction of sp³-hybridized carbons (Fsp3) is 0.118. The highest BCUT2D eigenvalue weighted by molar-refractivity contribution is 8.18. The first-order valence-corrected chi connectivity index (χ1v) is 8.47. The molecule has 1 amide bonds. The summed E-state index contributed by atoms with van der Waals surface area (Å²) in [5.74, 6) is -0.249. The van der Waals surface area contributed by atoms with E-state index < -0.39 is 0 Å². The molecule has 2 N–H and O–H groups in total. The third-order valence-corrected chi connectivity index (χ3v) is 4.59. The largest absolute Gasteiger partial charge is 0.359 e. The van der Waals surface area contributed by atoms with Gasteiger partial charge in [-0.15, -0.1) is 0 Å². The molecule has 8 heteroatoms. The first-order valence-electron chi connectivity index (χ1n) is 7.65. The van der Waals surface area contributed by atoms with Gasteiger partial charge < -0.3 is 10.3 Å². The monoisotopic (exact) mass is 350 g/mol. The van der Waals surface area contributed by atoms with Gasteiger partial charge in [0.05, 0.1) is 29.0 Å². The first kappa shape index (κ1) is 15.5. The number of aryl methyl sites for hydroxylation is 1. The van der Waals surface area contributed by atoms with Crippen LogP contribution >= 0.6 is 11.8 Å². The smallest absolute Gasteiger partial charge is 0.286 e. The number of carbonyl (C=O) groups excluding carboxylic acids is 1. The number of nitrogens with one attached hydrogen (secondary N) is 2. The van der Waals surface area contributed by atoms with Crippen LogP contribution in [-0.2, 0) is 11.3 Å². The van der Waals surface area contributed by atoms with Gasteiger partial charge in [-0.3, -0.25) is 14.8 Å². The molecule has 124 valence electrons. The Kier molecular flexibility index (Phi) is 4.02. The number of carbonyl (C=O) groups is 1. The van der Waals surface area contributed by atoms with Gasteiger partial charge in [0.15, 0.2) is 5.17 Å². The van der Waals surface area contributed by atoms with Crippen molar-refractivity contribution in [3.8, 4) is 0 Å². The molecule has 0 unspecified atom stereocenters. The normalized spacial score (nSPS) is 15.8. The van der Waals surface area contributed by atoms with E-state index in [0.29, 0.717) is 16.6 Å². The number of fused-ring (bicyclic) bond motifs is 1. The third kappa shape index (κ3) is 3.29. The Labute approximate surface area is 147 Å². The van der Waals surface area contributed by atoms with E-state index >= 15 is 0 Å². The van der Waals surface area contributed by atoms with E-state index in [1.54, 1.807) is 18.6 Å². The summed E-state index contributed by atoms with van der Waals surface area (Å²) in [6.45, 7) is 2.35. The number of rotatable bonds is 3. The molecule has 0 aliphatic carbocycles. The number of pyridine rings is 1. The van der Waals surface area contributed by atoms with E-state index in [-0.39, 0.29) is 5.91 Å². The number of hydrogen-bond acceptors (Lipinski definition) is 6. The number of nitrogens with zero attached hydrogens (tertiary/aromatic N) is 4. The Hall–Kier alpha value is -3.00. The molecule has 1 aliphatic heterocycles. The lowest BCUT2D eigenvalue weighted by Crippen LogP contribution is -2.19. The predicted octanol–water partition coefficient (Wildman–Crippen LogP) is 2.42. The van der Waals surface area contributed by atoms with Gasteiger partial charge in [-0.25, -0.2) is 4.98 Å². The van der Waals surface area contributed by atoms with Crippen LogP contribution in [0.2, 0.25) is 0 Å². The minimum absolute atomic E-state index is 0.249. The summed E-state index contributed by atoms with van der Waals surface area (Å²) in [6, 6.07) is 3.83. The second kappa shape index (κ2) is 6.48. The number of hydrogen-bond donors (Lipinski definition) is 2. The molecular weight excluding hydrogens is 336 g/mol. The molecule has 4 heterocycles. The average Bonchev–Trinajstić information content (AvgIpc) is 3.19. The number of aromatic amines is 1. The molecule has 3 aromatic heterocycles. The molecule has 25 heavy (non-hydrogen) atoms. The van der Waals surface area contributed by atoms with E-state index in [1.165, 1.54) is 11.8 Å². The zero-order valence-corrected chi connectivity index (χ0v) is 14.2. The van der Waals surface area contributed by atoms with Crippen LogP contribution in [0.25, 0.3) is 17.1 Å². The molecule has 4 rings (SSSR count). The Morgan fingerprint density at radius 1 is 1.28 bits per heavy atom. The third-order valence-electron chi connectivity index (χ3n) is 3.65. The van der Waals surface area contributed by atoms with E-state index in [4.69, 9.17) is 0 Å². The minimum Gasteiger partial charge on any atom is -0.359 e. The summed E-state index contributed by atoms with van der Waals surface area (Å²) in [5, 5.41) is 4.66. The topological polar surface area (TPSA) is 95.9 Å². The molecule has 0 aromatic carbocycles. The van der Waals surface area contributed by atoms with Crippen LogP contribution in [0.5, 0.6) is 0 Å². The van der Waals surface area contributed by atoms with Crippen molar-refractivity contribution in [3.05, 3.63) is 58.8 Å². The van der Waals surface area contributed by atoms with Crippen molar-refractivity contribution in [2.24, 2.45) is 4.99 Å². The van der Waals surface area contributed by atoms with Gasteiger partial charge in [0.1, 0.15) is 5.65 Å². The zero-order valence-electron chi connectivity index (χ0n) is 13.4. The molecule has 3 aromatic rings. The van der Waals surface area contributed by atoms with Crippen molar-refractivity contribution < 1.29 is 4.79 Å². The van der Waals surface area contributed by atoms with Crippen LogP contribution in [-0.4, -0.2) is 31.0 Å². The van der Waals surface area contributed by atoms with Crippen LogP contribution in [0.1, 0.15) is 17.0 Å². The lowest BCUT2D eigenvalue weighted by atomic mass is 10.2. The first-order chi connectivity index (χ1) is 12.2. The summed E-state index contributed by atoms with van der Waals surface area (Å²) >= 11 is 1.32. The molecule has 0 saturated carbocycles. The van der Waals surface area contributed by atoms with Gasteiger partial charge in [0, 0.05) is 29.5 Å². The Morgan fingerprint density at radius 2 is 2.20 bits per heavy atom. The van der Waals surface area contributed by atoms with Gasteiger partial charge in [-0.05, 0) is 36.9 Å². The van der Waals surface area contributed by atoms with Gasteiger partial charge in [0.25, 0.3) is 5.91 Å². The molecule has 0 saturated heterocycles. The highest BCUT2D eigenvalue weighted by Gasteiger charge is 2.22. The summed E-state index contributed by atoms with van der Waals surface area (Å²) in [5.41, 5.74) is 3.37. The summed E-state index contributed by atoms with van der Waals surface area (Å²) in [6.07, 6.45) is 8.82. The lowest BCUT2D eigenvalue weighted by molar-refractivity contribution is -0.113. The number of amidine groups is 1. The standard InChI is InChI=1S/C17H14N6OS/c1-10-6-20-12(8-19-10)9-22-17-23-16(24)14(25-17)5-11-7-21-15-13(11)3-2-4-18-15/h2-8H,9H2,1H3,(H,18,21)(H,22,23,24)/b14-5-. The lowest BCUT2D eigenvalue weighted by Gasteiger charge is -2.03. The number of thioether (sulfide) groups is 1. The van der Waals surface area contributed by atoms with Gasteiger partial charge in [0.2, 0.25) is 0 Å². The van der Waals surface area contributed by atoms with Crippen LogP contribution in [0.15, 0.2) is 46.8 Å². The fourth-order valence-corrected chi connectivity index (χ4v) is 3.20. The highest BCUT2D eigenvalue weighted by Crippen LogP contribution is 2.29. The van der Waals surface area contributed by atoms with Crippen molar-refractivity contribution >= 4 is 39.9 Å². The van der Waals surface area contributed by atoms with Crippen molar-refractivity contribution in [1.82, 2.24) is 25.3 Å². The second-order valence-electron chi connectivity index (χ2n) is 5.48. The van der Waals surface area contributed by atoms with E-state index in [2.05, 4.69) is 30.2 Å². The van der Waals surface area contributed by atoms with Crippen LogP contribution in [0.4, 0.5) is 0 Å². The van der Waals surface area contributed by atoms with Crippen LogP contribution in [0, 0.1) is 6.92 Å². The number of amides is 1. The van der Waals surface area contributed by atoms with E-state index in [0.717, 1.165) is 28.0 Å². The Morgan fingerprint density at radius 3 is 3.04 bits per heavy atom. The maximum atomic E-state index is 12.1. The highest BCUT2D eigenvalue weighted by atomic mass is 32.2. The molecule has 0 fully saturated rings. The molecule has 0 atom stereocenters. The molecule has 7 nitrogen and oxygen atoms in total. The minimum atomic E-state index is -0.249. The van der Waals surface area contributed by atoms with Crippen molar-refractivity contribution in [2.45, 2.75) is 13.5 Å². The SMILES string of the molecule is Cc1cnc(CNC2=NC(=O)/C(=C/c3c[nH]c4ncccc34)S2)cn1. The number of aliphatic imine (C=N–C) groups is 1. The van der Waals surface area contributed by atoms with Gasteiger partial charge in [-0.2, -0.15) is 4.99 Å². The van der Waals surface area contributed by atoms with Crippen molar-refractivity contribution in [1.29, 1.82) is 0 Å². The summed E-state index contributed by atoms with van der Waals surface area (Å²) in [4.78, 5) is 32.6. The van der Waals surface area contributed by atoms with Crippen molar-refractivity contribution in [3.63, 3.8) is 0 Å². The predicted molar refractivity (Wildman–Crippen MR) is 97.7 cm³/mol. The maximum Gasteiger partial charge on any atom is 0.286 e. The fourth-order valence-electron chi connectivity index (χ4n) is 2.40. The molecule has 1 aliphatic rings. The number of H-pyrrole nitrogens is 1. The van der Waals surface area contributed by atoms with Gasteiger partial charge >= 0.3 is 0 Å². The molecular formula is C17H14N6OS. The zero-order chi connectivity index (χ0) is 17.2. The molecule has 0 bridgehead atoms. The number of aromatic nitrogens is 4. The van der Waals surface area contributed by atoms with Crippen LogP contribution < -0.4 is 5.32 Å². The second-order valence-corrected chi connectivity index (χ2v) is 6.51. The average molecular weight is 350 g/mol. The molecule has 0 spiro atoms. The van der Waals surface area contributed by atoms with E-state index in [1.807, 2.05) is 31.3 Å². The van der Waals surface area contributed by atoms with Crippen LogP contribution in [0.3, 0.4) is 0 Å². The summed E-state index contributed by atoms with van der Waals surface area (Å²) in [7, 11) is 0. The Balaban J connectivity index is 1.47. The Bertz CT molecular complexity index is 1010. The summed E-state index contributed by atoms with van der Waals surface area (Å²) < 4.78 is 0. The van der Waals surface area contributed by atoms with Gasteiger partial charge in [-0.1, -0.05) is 0 Å². The quantitative estimate of drug-likeness (QED) is 0.704. The van der Waals surface area contributed by atoms with Crippen molar-refractivity contribution in [2.75, 3.05) is 0 Å². The molecule has 0 radical (unpaired) electrons. The van der Waals surface area contributed by atoms with E-state index in [9.17, 15) is 4.79 Å².